The second-order valence-corrected chi connectivity index (χ2v) is 6.87. The van der Waals surface area contributed by atoms with E-state index in [0.29, 0.717) is 13.0 Å². The molecule has 0 bridgehead atoms. The van der Waals surface area contributed by atoms with Gasteiger partial charge in [0.05, 0.1) is 11.2 Å². The maximum atomic E-state index is 11.4. The van der Waals surface area contributed by atoms with Crippen molar-refractivity contribution in [2.24, 2.45) is 5.41 Å². The highest BCUT2D eigenvalue weighted by atomic mass is 16.4. The van der Waals surface area contributed by atoms with E-state index in [2.05, 4.69) is 31.1 Å². The van der Waals surface area contributed by atoms with Crippen LogP contribution in [0.4, 0.5) is 0 Å². The Morgan fingerprint density at radius 1 is 1.23 bits per heavy atom. The molecule has 118 valence electrons. The first-order chi connectivity index (χ1) is 10.3. The standard InChI is InChI=1S/C18H24N2O2/c1-18(2,3)11-10-16(17(21)22)19-12-14-9-8-13-6-4-5-7-15(13)20-14/h4-9,16,19H,10-12H2,1-3H3,(H,21,22). The Hall–Kier alpha value is -1.94. The molecular formula is C18H24N2O2. The third kappa shape index (κ3) is 4.81. The Kier molecular flexibility index (Phi) is 5.14. The van der Waals surface area contributed by atoms with Gasteiger partial charge in [-0.2, -0.15) is 0 Å². The van der Waals surface area contributed by atoms with Gasteiger partial charge in [0.25, 0.3) is 0 Å². The fourth-order valence-electron chi connectivity index (χ4n) is 2.32. The van der Waals surface area contributed by atoms with E-state index in [1.54, 1.807) is 0 Å². The van der Waals surface area contributed by atoms with Gasteiger partial charge in [-0.25, -0.2) is 0 Å². The molecule has 0 saturated heterocycles. The van der Waals surface area contributed by atoms with E-state index in [1.807, 2.05) is 36.4 Å². The number of pyridine rings is 1. The molecule has 4 nitrogen and oxygen atoms in total. The van der Waals surface area contributed by atoms with Crippen molar-refractivity contribution in [2.45, 2.75) is 46.2 Å². The molecule has 22 heavy (non-hydrogen) atoms. The van der Waals surface area contributed by atoms with Crippen LogP contribution in [0.25, 0.3) is 10.9 Å². The molecular weight excluding hydrogens is 276 g/mol. The van der Waals surface area contributed by atoms with Gasteiger partial charge in [0, 0.05) is 11.9 Å². The number of benzene rings is 1. The summed E-state index contributed by atoms with van der Waals surface area (Å²) in [5.74, 6) is -0.801. The van der Waals surface area contributed by atoms with E-state index >= 15 is 0 Å². The van der Waals surface area contributed by atoms with Crippen molar-refractivity contribution < 1.29 is 9.90 Å². The smallest absolute Gasteiger partial charge is 0.320 e. The zero-order valence-electron chi connectivity index (χ0n) is 13.5. The number of fused-ring (bicyclic) bond motifs is 1. The number of carboxylic acids is 1. The molecule has 0 saturated carbocycles. The lowest BCUT2D eigenvalue weighted by Gasteiger charge is -2.21. The number of rotatable bonds is 6. The summed E-state index contributed by atoms with van der Waals surface area (Å²) in [4.78, 5) is 15.9. The number of nitrogens with zero attached hydrogens (tertiary/aromatic N) is 1. The summed E-state index contributed by atoms with van der Waals surface area (Å²) < 4.78 is 0. The van der Waals surface area contributed by atoms with Crippen molar-refractivity contribution >= 4 is 16.9 Å². The molecule has 0 fully saturated rings. The number of carboxylic acid groups (broad SMARTS) is 1. The fourth-order valence-corrected chi connectivity index (χ4v) is 2.32. The molecule has 1 aromatic heterocycles. The van der Waals surface area contributed by atoms with Gasteiger partial charge in [0.15, 0.2) is 0 Å². The van der Waals surface area contributed by atoms with Crippen molar-refractivity contribution in [3.63, 3.8) is 0 Å². The lowest BCUT2D eigenvalue weighted by molar-refractivity contribution is -0.139. The summed E-state index contributed by atoms with van der Waals surface area (Å²) in [7, 11) is 0. The van der Waals surface area contributed by atoms with Crippen molar-refractivity contribution in [3.8, 4) is 0 Å². The highest BCUT2D eigenvalue weighted by molar-refractivity contribution is 5.78. The summed E-state index contributed by atoms with van der Waals surface area (Å²) in [5.41, 5.74) is 1.93. The minimum atomic E-state index is -0.801. The van der Waals surface area contributed by atoms with Crippen LogP contribution >= 0.6 is 0 Å². The van der Waals surface area contributed by atoms with Gasteiger partial charge < -0.3 is 5.11 Å². The average molecular weight is 300 g/mol. The lowest BCUT2D eigenvalue weighted by atomic mass is 9.88. The first kappa shape index (κ1) is 16.4. The van der Waals surface area contributed by atoms with Gasteiger partial charge in [-0.15, -0.1) is 0 Å². The lowest BCUT2D eigenvalue weighted by Crippen LogP contribution is -2.37. The van der Waals surface area contributed by atoms with Crippen LogP contribution < -0.4 is 5.32 Å². The summed E-state index contributed by atoms with van der Waals surface area (Å²) in [5, 5.41) is 13.5. The van der Waals surface area contributed by atoms with Crippen LogP contribution in [-0.4, -0.2) is 22.1 Å². The minimum Gasteiger partial charge on any atom is -0.480 e. The Balaban J connectivity index is 1.99. The second kappa shape index (κ2) is 6.88. The number of aliphatic carboxylic acids is 1. The Morgan fingerprint density at radius 2 is 1.95 bits per heavy atom. The van der Waals surface area contributed by atoms with Gasteiger partial charge in [-0.05, 0) is 30.4 Å². The zero-order valence-corrected chi connectivity index (χ0v) is 13.5. The molecule has 4 heteroatoms. The Morgan fingerprint density at radius 3 is 2.64 bits per heavy atom. The SMILES string of the molecule is CC(C)(C)CCC(NCc1ccc2ccccc2n1)C(=O)O. The van der Waals surface area contributed by atoms with E-state index in [0.717, 1.165) is 23.0 Å². The maximum absolute atomic E-state index is 11.4. The predicted molar refractivity (Wildman–Crippen MR) is 88.7 cm³/mol. The molecule has 0 radical (unpaired) electrons. The highest BCUT2D eigenvalue weighted by Gasteiger charge is 2.20. The number of aromatic nitrogens is 1. The molecule has 0 aliphatic carbocycles. The monoisotopic (exact) mass is 300 g/mol. The summed E-state index contributed by atoms with van der Waals surface area (Å²) in [6.07, 6.45) is 1.48. The first-order valence-electron chi connectivity index (χ1n) is 7.66. The zero-order chi connectivity index (χ0) is 16.2. The van der Waals surface area contributed by atoms with Gasteiger partial charge in [-0.1, -0.05) is 45.0 Å². The molecule has 1 heterocycles. The maximum Gasteiger partial charge on any atom is 0.320 e. The first-order valence-corrected chi connectivity index (χ1v) is 7.66. The van der Waals surface area contributed by atoms with Crippen molar-refractivity contribution in [1.29, 1.82) is 0 Å². The molecule has 0 spiro atoms. The molecule has 0 aliphatic rings. The largest absolute Gasteiger partial charge is 0.480 e. The van der Waals surface area contributed by atoms with Crippen LogP contribution in [0.5, 0.6) is 0 Å². The number of nitrogens with one attached hydrogen (secondary N) is 1. The van der Waals surface area contributed by atoms with E-state index in [-0.39, 0.29) is 5.41 Å². The van der Waals surface area contributed by atoms with Crippen LogP contribution in [0.3, 0.4) is 0 Å². The highest BCUT2D eigenvalue weighted by Crippen LogP contribution is 2.21. The normalized spacial score (nSPS) is 13.2. The quantitative estimate of drug-likeness (QED) is 0.855. The summed E-state index contributed by atoms with van der Waals surface area (Å²) in [6, 6.07) is 11.3. The molecule has 0 amide bonds. The Bertz CT molecular complexity index is 647. The molecule has 1 aromatic carbocycles. The van der Waals surface area contributed by atoms with Crippen molar-refractivity contribution in [3.05, 3.63) is 42.1 Å². The molecule has 1 unspecified atom stereocenters. The van der Waals surface area contributed by atoms with E-state index in [4.69, 9.17) is 0 Å². The molecule has 2 rings (SSSR count). The van der Waals surface area contributed by atoms with Crippen LogP contribution in [0.2, 0.25) is 0 Å². The summed E-state index contributed by atoms with van der Waals surface area (Å²) in [6.45, 7) is 6.83. The van der Waals surface area contributed by atoms with E-state index in [1.165, 1.54) is 0 Å². The van der Waals surface area contributed by atoms with E-state index < -0.39 is 12.0 Å². The molecule has 2 N–H and O–H groups in total. The van der Waals surface area contributed by atoms with Gasteiger partial charge in [-0.3, -0.25) is 15.1 Å². The average Bonchev–Trinajstić information content (AvgIpc) is 2.45. The van der Waals surface area contributed by atoms with Crippen LogP contribution in [0.1, 0.15) is 39.3 Å². The molecule has 2 aromatic rings. The van der Waals surface area contributed by atoms with Crippen LogP contribution in [0.15, 0.2) is 36.4 Å². The van der Waals surface area contributed by atoms with Crippen LogP contribution in [0, 0.1) is 5.41 Å². The predicted octanol–water partition coefficient (Wildman–Crippen LogP) is 3.60. The molecule has 0 aliphatic heterocycles. The fraction of sp³-hybridized carbons (Fsp3) is 0.444. The van der Waals surface area contributed by atoms with Crippen molar-refractivity contribution in [2.75, 3.05) is 0 Å². The number of hydrogen-bond donors (Lipinski definition) is 2. The second-order valence-electron chi connectivity index (χ2n) is 6.87. The van der Waals surface area contributed by atoms with Crippen LogP contribution in [-0.2, 0) is 11.3 Å². The van der Waals surface area contributed by atoms with E-state index in [9.17, 15) is 9.90 Å². The van der Waals surface area contributed by atoms with Gasteiger partial charge in [0.2, 0.25) is 0 Å². The topological polar surface area (TPSA) is 62.2 Å². The number of hydrogen-bond acceptors (Lipinski definition) is 3. The Labute approximate surface area is 131 Å². The van der Waals surface area contributed by atoms with Crippen molar-refractivity contribution in [1.82, 2.24) is 10.3 Å². The number of para-hydroxylation sites is 1. The number of carbonyl (C=O) groups is 1. The molecule has 1 atom stereocenters. The van der Waals surface area contributed by atoms with Gasteiger partial charge in [0.1, 0.15) is 6.04 Å². The van der Waals surface area contributed by atoms with Gasteiger partial charge >= 0.3 is 5.97 Å². The minimum absolute atomic E-state index is 0.135. The third-order valence-electron chi connectivity index (χ3n) is 3.67. The third-order valence-corrected chi connectivity index (χ3v) is 3.67. The summed E-state index contributed by atoms with van der Waals surface area (Å²) >= 11 is 0.